The molecule has 0 aliphatic heterocycles. The number of rotatable bonds is 5. The second-order valence-electron chi connectivity index (χ2n) is 3.17. The number of carbonyl (C=O) groups is 1. The summed E-state index contributed by atoms with van der Waals surface area (Å²) in [6, 6.07) is 0. The molecular weight excluding hydrogens is 136 g/mol. The monoisotopic (exact) mass is 154 g/mol. The molecule has 0 aliphatic carbocycles. The Morgan fingerprint density at radius 3 is 2.45 bits per heavy atom. The number of hydrogen-bond donors (Lipinski definition) is 0. The van der Waals surface area contributed by atoms with Crippen LogP contribution in [0.5, 0.6) is 0 Å². The summed E-state index contributed by atoms with van der Waals surface area (Å²) < 4.78 is 0. The van der Waals surface area contributed by atoms with Crippen LogP contribution in [0.25, 0.3) is 0 Å². The zero-order chi connectivity index (χ0) is 8.85. The smallest absolute Gasteiger partial charge is 0.132 e. The minimum absolute atomic E-state index is 0.353. The van der Waals surface area contributed by atoms with Gasteiger partial charge in [-0.05, 0) is 11.8 Å². The first-order valence-corrected chi connectivity index (χ1v) is 4.26. The van der Waals surface area contributed by atoms with Crippen LogP contribution in [-0.4, -0.2) is 5.78 Å². The second-order valence-corrected chi connectivity index (χ2v) is 3.17. The highest BCUT2D eigenvalue weighted by Gasteiger charge is 2.11. The summed E-state index contributed by atoms with van der Waals surface area (Å²) in [4.78, 5) is 11.0. The van der Waals surface area contributed by atoms with Crippen LogP contribution in [-0.2, 0) is 4.79 Å². The van der Waals surface area contributed by atoms with E-state index in [1.54, 1.807) is 0 Å². The Balaban J connectivity index is 3.76. The quantitative estimate of drug-likeness (QED) is 0.556. The van der Waals surface area contributed by atoms with Crippen molar-refractivity contribution >= 4 is 5.78 Å². The number of ketones is 1. The third kappa shape index (κ3) is 3.97. The molecule has 0 radical (unpaired) electrons. The number of allylic oxidation sites excluding steroid dienone is 1. The van der Waals surface area contributed by atoms with E-state index >= 15 is 0 Å². The zero-order valence-corrected chi connectivity index (χ0v) is 7.76. The molecule has 0 N–H and O–H groups in total. The van der Waals surface area contributed by atoms with Gasteiger partial charge in [0.05, 0.1) is 0 Å². The third-order valence-corrected chi connectivity index (χ3v) is 2.21. The molecule has 0 aromatic rings. The van der Waals surface area contributed by atoms with E-state index in [-0.39, 0.29) is 0 Å². The van der Waals surface area contributed by atoms with Gasteiger partial charge in [-0.1, -0.05) is 26.8 Å². The van der Waals surface area contributed by atoms with Crippen LogP contribution in [0.15, 0.2) is 12.7 Å². The lowest BCUT2D eigenvalue weighted by molar-refractivity contribution is -0.119. The number of carbonyl (C=O) groups excluding carboxylic acids is 1. The molecular formula is C10H18O. The van der Waals surface area contributed by atoms with Gasteiger partial charge in [0.2, 0.25) is 0 Å². The highest BCUT2D eigenvalue weighted by atomic mass is 16.1. The van der Waals surface area contributed by atoms with Crippen molar-refractivity contribution in [2.45, 2.75) is 33.6 Å². The van der Waals surface area contributed by atoms with Gasteiger partial charge in [-0.3, -0.25) is 4.79 Å². The van der Waals surface area contributed by atoms with E-state index in [4.69, 9.17) is 0 Å². The lowest BCUT2D eigenvalue weighted by Crippen LogP contribution is -2.10. The fraction of sp³-hybridized carbons (Fsp3) is 0.700. The fourth-order valence-electron chi connectivity index (χ4n) is 0.922. The molecule has 0 aromatic heterocycles. The van der Waals surface area contributed by atoms with Crippen molar-refractivity contribution in [1.82, 2.24) is 0 Å². The Hall–Kier alpha value is -0.590. The summed E-state index contributed by atoms with van der Waals surface area (Å²) in [6.45, 7) is 9.81. The lowest BCUT2D eigenvalue weighted by atomic mass is 9.91. The van der Waals surface area contributed by atoms with Crippen molar-refractivity contribution in [3.63, 3.8) is 0 Å². The molecule has 0 saturated carbocycles. The first-order valence-electron chi connectivity index (χ1n) is 4.26. The van der Waals surface area contributed by atoms with Crippen molar-refractivity contribution < 1.29 is 4.79 Å². The first-order chi connectivity index (χ1) is 5.11. The van der Waals surface area contributed by atoms with Crippen LogP contribution < -0.4 is 0 Å². The van der Waals surface area contributed by atoms with Crippen LogP contribution in [0.3, 0.4) is 0 Å². The van der Waals surface area contributed by atoms with E-state index in [9.17, 15) is 4.79 Å². The van der Waals surface area contributed by atoms with Gasteiger partial charge in [0.1, 0.15) is 5.78 Å². The average Bonchev–Trinajstić information content (AvgIpc) is 2.02. The second kappa shape index (κ2) is 5.11. The van der Waals surface area contributed by atoms with E-state index in [0.29, 0.717) is 30.5 Å². The van der Waals surface area contributed by atoms with Crippen molar-refractivity contribution in [2.75, 3.05) is 0 Å². The minimum atomic E-state index is 0.353. The van der Waals surface area contributed by atoms with Gasteiger partial charge in [0.25, 0.3) is 0 Å². The molecule has 64 valence electrons. The van der Waals surface area contributed by atoms with E-state index in [1.165, 1.54) is 0 Å². The van der Waals surface area contributed by atoms with Crippen molar-refractivity contribution in [3.05, 3.63) is 12.7 Å². The maximum atomic E-state index is 11.0. The summed E-state index contributed by atoms with van der Waals surface area (Å²) in [5.41, 5.74) is 0. The van der Waals surface area contributed by atoms with E-state index in [1.807, 2.05) is 13.0 Å². The Bertz CT molecular complexity index is 138. The van der Waals surface area contributed by atoms with Crippen LogP contribution in [0.1, 0.15) is 33.6 Å². The Morgan fingerprint density at radius 2 is 2.09 bits per heavy atom. The molecule has 0 amide bonds. The predicted molar refractivity (Wildman–Crippen MR) is 48.4 cm³/mol. The topological polar surface area (TPSA) is 17.1 Å². The predicted octanol–water partition coefficient (Wildman–Crippen LogP) is 2.81. The van der Waals surface area contributed by atoms with Gasteiger partial charge in [0.15, 0.2) is 0 Å². The van der Waals surface area contributed by atoms with E-state index in [2.05, 4.69) is 20.4 Å². The van der Waals surface area contributed by atoms with Crippen LogP contribution in [0, 0.1) is 11.8 Å². The molecule has 2 unspecified atom stereocenters. The number of Topliss-reactive ketones (excluding diaryl/α,β-unsaturated/α-hetero) is 1. The number of hydrogen-bond acceptors (Lipinski definition) is 1. The first kappa shape index (κ1) is 10.4. The molecule has 0 saturated heterocycles. The molecule has 0 aromatic carbocycles. The van der Waals surface area contributed by atoms with Gasteiger partial charge in [-0.25, -0.2) is 0 Å². The van der Waals surface area contributed by atoms with Crippen molar-refractivity contribution in [2.24, 2.45) is 11.8 Å². The van der Waals surface area contributed by atoms with Crippen molar-refractivity contribution in [3.8, 4) is 0 Å². The van der Waals surface area contributed by atoms with Gasteiger partial charge in [-0.2, -0.15) is 0 Å². The highest BCUT2D eigenvalue weighted by Crippen LogP contribution is 2.16. The maximum absolute atomic E-state index is 11.0. The zero-order valence-electron chi connectivity index (χ0n) is 7.76. The highest BCUT2D eigenvalue weighted by molar-refractivity contribution is 5.78. The fourth-order valence-corrected chi connectivity index (χ4v) is 0.922. The molecule has 1 heteroatoms. The lowest BCUT2D eigenvalue weighted by Gasteiger charge is -2.14. The van der Waals surface area contributed by atoms with Crippen LogP contribution in [0.2, 0.25) is 0 Å². The van der Waals surface area contributed by atoms with Crippen LogP contribution in [0.4, 0.5) is 0 Å². The maximum Gasteiger partial charge on any atom is 0.132 e. The Kier molecular flexibility index (Phi) is 4.84. The largest absolute Gasteiger partial charge is 0.300 e. The van der Waals surface area contributed by atoms with Gasteiger partial charge in [0, 0.05) is 12.8 Å². The van der Waals surface area contributed by atoms with Crippen molar-refractivity contribution in [1.29, 1.82) is 0 Å². The van der Waals surface area contributed by atoms with Gasteiger partial charge in [-0.15, -0.1) is 6.58 Å². The molecule has 1 nitrogen and oxygen atoms in total. The van der Waals surface area contributed by atoms with Crippen LogP contribution >= 0.6 is 0 Å². The van der Waals surface area contributed by atoms with Gasteiger partial charge >= 0.3 is 0 Å². The molecule has 2 atom stereocenters. The SMILES string of the molecule is C=CC(C)C(C)CC(=O)CC. The normalized spacial score (nSPS) is 15.5. The Labute approximate surface area is 69.5 Å². The minimum Gasteiger partial charge on any atom is -0.300 e. The molecule has 0 aliphatic rings. The summed E-state index contributed by atoms with van der Waals surface area (Å²) in [5, 5.41) is 0. The molecule has 0 rings (SSSR count). The standard InChI is InChI=1S/C10H18O/c1-5-8(3)9(4)7-10(11)6-2/h5,8-9H,1,6-7H2,2-4H3. The van der Waals surface area contributed by atoms with Gasteiger partial charge < -0.3 is 0 Å². The molecule has 0 heterocycles. The third-order valence-electron chi connectivity index (χ3n) is 2.21. The Morgan fingerprint density at radius 1 is 1.55 bits per heavy atom. The molecule has 0 spiro atoms. The summed E-state index contributed by atoms with van der Waals surface area (Å²) in [7, 11) is 0. The van der Waals surface area contributed by atoms with E-state index < -0.39 is 0 Å². The van der Waals surface area contributed by atoms with E-state index in [0.717, 1.165) is 0 Å². The summed E-state index contributed by atoms with van der Waals surface area (Å²) >= 11 is 0. The average molecular weight is 154 g/mol. The summed E-state index contributed by atoms with van der Waals surface area (Å²) in [6.07, 6.45) is 3.27. The molecule has 0 fully saturated rings. The molecule has 0 bridgehead atoms. The molecule has 11 heavy (non-hydrogen) atoms. The summed E-state index contributed by atoms with van der Waals surface area (Å²) in [5.74, 6) is 1.25.